The standard InChI is InChI=1S/C11H9ClN2O4/c1-2-5-13-11(15)7-18-10-4-3-8(12)6-9(10)14(16)17/h1,3-4,6H,5,7H2,(H,13,15). The average molecular weight is 269 g/mol. The molecule has 0 fully saturated rings. The van der Waals surface area contributed by atoms with Crippen LogP contribution in [0.25, 0.3) is 0 Å². The van der Waals surface area contributed by atoms with E-state index < -0.39 is 10.8 Å². The molecule has 0 aliphatic carbocycles. The van der Waals surface area contributed by atoms with Gasteiger partial charge in [0.15, 0.2) is 12.4 Å². The largest absolute Gasteiger partial charge is 0.477 e. The number of nitrogens with zero attached hydrogens (tertiary/aromatic N) is 1. The molecule has 6 nitrogen and oxygen atoms in total. The molecule has 0 atom stereocenters. The number of nitro benzene ring substituents is 1. The monoisotopic (exact) mass is 268 g/mol. The molecule has 0 radical (unpaired) electrons. The number of carbonyl (C=O) groups excluding carboxylic acids is 1. The van der Waals surface area contributed by atoms with E-state index in [2.05, 4.69) is 11.2 Å². The maximum atomic E-state index is 11.2. The first-order valence-electron chi connectivity index (χ1n) is 4.81. The van der Waals surface area contributed by atoms with Crippen LogP contribution in [0, 0.1) is 22.5 Å². The highest BCUT2D eigenvalue weighted by Gasteiger charge is 2.16. The van der Waals surface area contributed by atoms with E-state index >= 15 is 0 Å². The first-order chi connectivity index (χ1) is 8.54. The summed E-state index contributed by atoms with van der Waals surface area (Å²) in [6.45, 7) is -0.283. The maximum Gasteiger partial charge on any atom is 0.312 e. The van der Waals surface area contributed by atoms with E-state index in [9.17, 15) is 14.9 Å². The summed E-state index contributed by atoms with van der Waals surface area (Å²) in [5.74, 6) is 1.73. The molecule has 1 aromatic rings. The Morgan fingerprint density at radius 1 is 1.61 bits per heavy atom. The molecular weight excluding hydrogens is 260 g/mol. The minimum absolute atomic E-state index is 0.0275. The minimum Gasteiger partial charge on any atom is -0.477 e. The summed E-state index contributed by atoms with van der Waals surface area (Å²) in [5, 5.41) is 13.3. The second-order valence-electron chi connectivity index (χ2n) is 3.14. The fourth-order valence-electron chi connectivity index (χ4n) is 1.10. The van der Waals surface area contributed by atoms with Gasteiger partial charge >= 0.3 is 5.69 Å². The van der Waals surface area contributed by atoms with Crippen molar-refractivity contribution in [2.45, 2.75) is 0 Å². The molecule has 0 aromatic heterocycles. The van der Waals surface area contributed by atoms with Crippen LogP contribution in [0.3, 0.4) is 0 Å². The van der Waals surface area contributed by atoms with Crippen molar-refractivity contribution in [3.8, 4) is 18.1 Å². The Bertz CT molecular complexity index is 510. The molecule has 94 valence electrons. The van der Waals surface area contributed by atoms with Gasteiger partial charge in [0.1, 0.15) is 0 Å². The molecule has 7 heteroatoms. The van der Waals surface area contributed by atoms with Gasteiger partial charge in [-0.25, -0.2) is 0 Å². The van der Waals surface area contributed by atoms with Crippen molar-refractivity contribution in [1.82, 2.24) is 5.32 Å². The lowest BCUT2D eigenvalue weighted by atomic mass is 10.3. The Balaban J connectivity index is 2.70. The van der Waals surface area contributed by atoms with Crippen LogP contribution in [-0.2, 0) is 4.79 Å². The van der Waals surface area contributed by atoms with Crippen LogP contribution in [0.2, 0.25) is 5.02 Å². The van der Waals surface area contributed by atoms with Crippen LogP contribution in [0.1, 0.15) is 0 Å². The molecule has 1 rings (SSSR count). The number of amides is 1. The van der Waals surface area contributed by atoms with E-state index in [1.165, 1.54) is 12.1 Å². The van der Waals surface area contributed by atoms with Gasteiger partial charge in [0.2, 0.25) is 0 Å². The number of nitrogens with one attached hydrogen (secondary N) is 1. The molecule has 0 bridgehead atoms. The number of hydrogen-bond donors (Lipinski definition) is 1. The van der Waals surface area contributed by atoms with E-state index in [0.717, 1.165) is 6.07 Å². The van der Waals surface area contributed by atoms with Crippen molar-refractivity contribution in [2.75, 3.05) is 13.2 Å². The number of rotatable bonds is 5. The number of hydrogen-bond acceptors (Lipinski definition) is 4. The number of terminal acetylenes is 1. The number of halogens is 1. The van der Waals surface area contributed by atoms with Gasteiger partial charge in [0.25, 0.3) is 5.91 Å². The van der Waals surface area contributed by atoms with Crippen molar-refractivity contribution in [3.63, 3.8) is 0 Å². The molecule has 0 saturated carbocycles. The number of ether oxygens (including phenoxy) is 1. The van der Waals surface area contributed by atoms with Crippen LogP contribution in [-0.4, -0.2) is 24.0 Å². The van der Waals surface area contributed by atoms with Crippen molar-refractivity contribution < 1.29 is 14.5 Å². The van der Waals surface area contributed by atoms with Crippen molar-refractivity contribution >= 4 is 23.2 Å². The first kappa shape index (κ1) is 13.8. The van der Waals surface area contributed by atoms with Gasteiger partial charge in [0, 0.05) is 11.1 Å². The van der Waals surface area contributed by atoms with Crippen molar-refractivity contribution in [1.29, 1.82) is 0 Å². The molecule has 1 aromatic carbocycles. The van der Waals surface area contributed by atoms with Crippen LogP contribution in [0.15, 0.2) is 18.2 Å². The molecule has 1 N–H and O–H groups in total. The number of carbonyl (C=O) groups is 1. The van der Waals surface area contributed by atoms with E-state index in [0.29, 0.717) is 0 Å². The summed E-state index contributed by atoms with van der Waals surface area (Å²) in [5.41, 5.74) is -0.299. The summed E-state index contributed by atoms with van der Waals surface area (Å²) in [4.78, 5) is 21.3. The second-order valence-corrected chi connectivity index (χ2v) is 3.58. The molecule has 0 saturated heterocycles. The smallest absolute Gasteiger partial charge is 0.312 e. The summed E-state index contributed by atoms with van der Waals surface area (Å²) in [6.07, 6.45) is 4.96. The number of nitro groups is 1. The Morgan fingerprint density at radius 2 is 2.33 bits per heavy atom. The van der Waals surface area contributed by atoms with Crippen LogP contribution in [0.4, 0.5) is 5.69 Å². The number of benzene rings is 1. The normalized spacial score (nSPS) is 9.33. The Morgan fingerprint density at radius 3 is 2.94 bits per heavy atom. The van der Waals surface area contributed by atoms with E-state index in [-0.39, 0.29) is 29.6 Å². The minimum atomic E-state index is -0.638. The topological polar surface area (TPSA) is 81.5 Å². The third-order valence-corrected chi connectivity index (χ3v) is 2.10. The van der Waals surface area contributed by atoms with Gasteiger partial charge in [-0.1, -0.05) is 17.5 Å². The Kier molecular flexibility index (Phi) is 4.96. The summed E-state index contributed by atoms with van der Waals surface area (Å²) >= 11 is 5.63. The first-order valence-corrected chi connectivity index (χ1v) is 5.19. The SMILES string of the molecule is C#CCNC(=O)COc1ccc(Cl)cc1[N+](=O)[O-]. The summed E-state index contributed by atoms with van der Waals surface area (Å²) in [7, 11) is 0. The summed E-state index contributed by atoms with van der Waals surface area (Å²) in [6, 6.07) is 3.91. The van der Waals surface area contributed by atoms with Crippen molar-refractivity contribution in [3.05, 3.63) is 33.3 Å². The average Bonchev–Trinajstić information content (AvgIpc) is 2.34. The molecule has 0 spiro atoms. The third-order valence-electron chi connectivity index (χ3n) is 1.86. The fourth-order valence-corrected chi connectivity index (χ4v) is 1.27. The van der Waals surface area contributed by atoms with Crippen LogP contribution >= 0.6 is 11.6 Å². The fraction of sp³-hybridized carbons (Fsp3) is 0.182. The quantitative estimate of drug-likeness (QED) is 0.497. The molecule has 0 aliphatic heterocycles. The lowest BCUT2D eigenvalue weighted by Crippen LogP contribution is -2.29. The lowest BCUT2D eigenvalue weighted by molar-refractivity contribution is -0.385. The van der Waals surface area contributed by atoms with E-state index in [1.807, 2.05) is 0 Å². The predicted molar refractivity (Wildman–Crippen MR) is 65.4 cm³/mol. The van der Waals surface area contributed by atoms with Gasteiger partial charge in [-0.05, 0) is 12.1 Å². The van der Waals surface area contributed by atoms with Gasteiger partial charge in [-0.2, -0.15) is 0 Å². The van der Waals surface area contributed by atoms with E-state index in [4.69, 9.17) is 22.8 Å². The van der Waals surface area contributed by atoms with Crippen LogP contribution in [0.5, 0.6) is 5.75 Å². The van der Waals surface area contributed by atoms with Crippen LogP contribution < -0.4 is 10.1 Å². The lowest BCUT2D eigenvalue weighted by Gasteiger charge is -2.06. The molecule has 0 unspecified atom stereocenters. The molecule has 0 heterocycles. The highest BCUT2D eigenvalue weighted by atomic mass is 35.5. The zero-order chi connectivity index (χ0) is 13.5. The molecule has 18 heavy (non-hydrogen) atoms. The molecular formula is C11H9ClN2O4. The Hall–Kier alpha value is -2.26. The third kappa shape index (κ3) is 3.96. The molecule has 1 amide bonds. The van der Waals surface area contributed by atoms with Gasteiger partial charge in [0.05, 0.1) is 11.5 Å². The summed E-state index contributed by atoms with van der Waals surface area (Å²) < 4.78 is 5.03. The highest BCUT2D eigenvalue weighted by molar-refractivity contribution is 6.30. The van der Waals surface area contributed by atoms with Gasteiger partial charge in [-0.3, -0.25) is 14.9 Å². The zero-order valence-electron chi connectivity index (χ0n) is 9.18. The Labute approximate surface area is 108 Å². The van der Waals surface area contributed by atoms with E-state index in [1.54, 1.807) is 0 Å². The van der Waals surface area contributed by atoms with Crippen molar-refractivity contribution in [2.24, 2.45) is 0 Å². The highest BCUT2D eigenvalue weighted by Crippen LogP contribution is 2.29. The second kappa shape index (κ2) is 6.47. The predicted octanol–water partition coefficient (Wildman–Crippen LogP) is 1.38. The zero-order valence-corrected chi connectivity index (χ0v) is 9.94. The van der Waals surface area contributed by atoms with Gasteiger partial charge < -0.3 is 10.1 Å². The molecule has 0 aliphatic rings. The van der Waals surface area contributed by atoms with Gasteiger partial charge in [-0.15, -0.1) is 6.42 Å². The maximum absolute atomic E-state index is 11.2.